The van der Waals surface area contributed by atoms with Crippen molar-refractivity contribution in [2.45, 2.75) is 162 Å². The van der Waals surface area contributed by atoms with Crippen molar-refractivity contribution >= 4 is 0 Å². The molecule has 0 rings (SSSR count). The van der Waals surface area contributed by atoms with Crippen LogP contribution in [0.2, 0.25) is 0 Å². The van der Waals surface area contributed by atoms with Crippen molar-refractivity contribution in [1.82, 2.24) is 9.80 Å². The Morgan fingerprint density at radius 1 is 0.444 bits per heavy atom. The molecule has 0 amide bonds. The van der Waals surface area contributed by atoms with Gasteiger partial charge in [0.05, 0.1) is 0 Å². The highest BCUT2D eigenvalue weighted by molar-refractivity contribution is 4.77. The molecule has 36 heavy (non-hydrogen) atoms. The van der Waals surface area contributed by atoms with Crippen molar-refractivity contribution in [2.24, 2.45) is 11.5 Å². The maximum absolute atomic E-state index is 5.99. The Labute approximate surface area is 228 Å². The average Bonchev–Trinajstić information content (AvgIpc) is 2.89. The van der Waals surface area contributed by atoms with E-state index < -0.39 is 0 Å². The van der Waals surface area contributed by atoms with Gasteiger partial charge in [0.25, 0.3) is 0 Å². The lowest BCUT2D eigenvalue weighted by molar-refractivity contribution is 0.123. The van der Waals surface area contributed by atoms with Crippen LogP contribution in [0, 0.1) is 0 Å². The van der Waals surface area contributed by atoms with E-state index in [2.05, 4.69) is 30.6 Å². The average molecular weight is 511 g/mol. The molecule has 1 atom stereocenters. The van der Waals surface area contributed by atoms with Crippen molar-refractivity contribution in [3.05, 3.63) is 0 Å². The molecule has 0 heterocycles. The molecule has 0 radical (unpaired) electrons. The molecule has 0 saturated heterocycles. The zero-order valence-electron chi connectivity index (χ0n) is 25.4. The first-order valence-corrected chi connectivity index (χ1v) is 16.6. The number of hydrogen-bond acceptors (Lipinski definition) is 4. The molecular weight excluding hydrogens is 440 g/mol. The monoisotopic (exact) mass is 511 g/mol. The molecule has 4 nitrogen and oxygen atoms in total. The summed E-state index contributed by atoms with van der Waals surface area (Å²) >= 11 is 0. The molecule has 0 saturated carbocycles. The lowest BCUT2D eigenvalue weighted by atomic mass is 10.0. The molecule has 0 aromatic carbocycles. The fraction of sp³-hybridized carbons (Fsp3) is 1.00. The molecule has 4 N–H and O–H groups in total. The van der Waals surface area contributed by atoms with Crippen molar-refractivity contribution in [2.75, 3.05) is 45.8 Å². The lowest BCUT2D eigenvalue weighted by Crippen LogP contribution is -2.46. The van der Waals surface area contributed by atoms with Crippen LogP contribution in [0.4, 0.5) is 0 Å². The van der Waals surface area contributed by atoms with Gasteiger partial charge in [0.15, 0.2) is 0 Å². The molecule has 0 aliphatic heterocycles. The fourth-order valence-electron chi connectivity index (χ4n) is 5.44. The topological polar surface area (TPSA) is 58.5 Å². The third kappa shape index (κ3) is 23.0. The Kier molecular flexibility index (Phi) is 29.3. The lowest BCUT2D eigenvalue weighted by Gasteiger charge is -2.36. The second-order valence-electron chi connectivity index (χ2n) is 11.4. The van der Waals surface area contributed by atoms with Gasteiger partial charge in [-0.15, -0.1) is 0 Å². The minimum absolute atomic E-state index is 0.677. The normalized spacial score (nSPS) is 12.8. The first-order chi connectivity index (χ1) is 17.7. The Hall–Kier alpha value is -0.160. The SMILES string of the molecule is CCCCCCCCC(CN(CCCN)CCCCCCCC)N(CCCN)CCCCCCCC. The van der Waals surface area contributed by atoms with E-state index in [9.17, 15) is 0 Å². The van der Waals surface area contributed by atoms with Gasteiger partial charge in [-0.3, -0.25) is 4.90 Å². The van der Waals surface area contributed by atoms with Crippen molar-refractivity contribution in [3.8, 4) is 0 Å². The Morgan fingerprint density at radius 2 is 0.833 bits per heavy atom. The van der Waals surface area contributed by atoms with E-state index in [4.69, 9.17) is 11.5 Å². The summed E-state index contributed by atoms with van der Waals surface area (Å²) in [5.41, 5.74) is 11.9. The summed E-state index contributed by atoms with van der Waals surface area (Å²) in [6, 6.07) is 0.677. The molecular formula is C32H70N4. The number of hydrogen-bond donors (Lipinski definition) is 2. The van der Waals surface area contributed by atoms with Crippen molar-refractivity contribution in [3.63, 3.8) is 0 Å². The molecule has 218 valence electrons. The van der Waals surface area contributed by atoms with Gasteiger partial charge in [-0.25, -0.2) is 0 Å². The summed E-state index contributed by atoms with van der Waals surface area (Å²) in [4.78, 5) is 5.61. The van der Waals surface area contributed by atoms with E-state index in [0.29, 0.717) is 6.04 Å². The number of nitrogens with two attached hydrogens (primary N) is 2. The molecule has 0 aliphatic rings. The van der Waals surface area contributed by atoms with Gasteiger partial charge in [-0.2, -0.15) is 0 Å². The van der Waals surface area contributed by atoms with E-state index in [0.717, 1.165) is 25.9 Å². The number of nitrogens with zero attached hydrogens (tertiary/aromatic N) is 2. The van der Waals surface area contributed by atoms with Gasteiger partial charge in [0.2, 0.25) is 0 Å². The third-order valence-electron chi connectivity index (χ3n) is 7.83. The first-order valence-electron chi connectivity index (χ1n) is 16.6. The molecule has 0 spiro atoms. The van der Waals surface area contributed by atoms with E-state index in [1.807, 2.05) is 0 Å². The van der Waals surface area contributed by atoms with E-state index in [1.54, 1.807) is 0 Å². The van der Waals surface area contributed by atoms with Crippen LogP contribution in [0.5, 0.6) is 0 Å². The van der Waals surface area contributed by atoms with Crippen molar-refractivity contribution < 1.29 is 0 Å². The largest absolute Gasteiger partial charge is 0.330 e. The number of unbranched alkanes of at least 4 members (excludes halogenated alkanes) is 15. The Morgan fingerprint density at radius 3 is 1.36 bits per heavy atom. The maximum Gasteiger partial charge on any atom is 0.0223 e. The minimum Gasteiger partial charge on any atom is -0.330 e. The van der Waals surface area contributed by atoms with E-state index >= 15 is 0 Å². The summed E-state index contributed by atoms with van der Waals surface area (Å²) in [6.07, 6.45) is 28.5. The molecule has 0 fully saturated rings. The van der Waals surface area contributed by atoms with Crippen LogP contribution < -0.4 is 11.5 Å². The smallest absolute Gasteiger partial charge is 0.0223 e. The Balaban J connectivity index is 5.01. The predicted molar refractivity (Wildman–Crippen MR) is 164 cm³/mol. The van der Waals surface area contributed by atoms with Crippen LogP contribution in [0.15, 0.2) is 0 Å². The minimum atomic E-state index is 0.677. The standard InChI is InChI=1S/C32H70N4/c1-4-7-10-13-16-19-24-32(36(30-23-26-34)29-21-18-15-12-9-6-3)31-35(28-22-25-33)27-20-17-14-11-8-5-2/h32H,4-31,33-34H2,1-3H3. The van der Waals surface area contributed by atoms with E-state index in [1.165, 1.54) is 155 Å². The molecule has 0 aromatic heterocycles. The van der Waals surface area contributed by atoms with Gasteiger partial charge < -0.3 is 16.4 Å². The fourth-order valence-corrected chi connectivity index (χ4v) is 5.44. The quantitative estimate of drug-likeness (QED) is 0.0958. The van der Waals surface area contributed by atoms with Crippen LogP contribution in [0.25, 0.3) is 0 Å². The second kappa shape index (κ2) is 29.4. The van der Waals surface area contributed by atoms with Gasteiger partial charge in [-0.1, -0.05) is 124 Å². The first kappa shape index (κ1) is 35.8. The molecule has 0 aromatic rings. The van der Waals surface area contributed by atoms with Gasteiger partial charge in [-0.05, 0) is 71.4 Å². The predicted octanol–water partition coefficient (Wildman–Crippen LogP) is 8.13. The summed E-state index contributed by atoms with van der Waals surface area (Å²) in [7, 11) is 0. The summed E-state index contributed by atoms with van der Waals surface area (Å²) in [5, 5.41) is 0. The van der Waals surface area contributed by atoms with Crippen LogP contribution in [0.3, 0.4) is 0 Å². The van der Waals surface area contributed by atoms with Crippen LogP contribution >= 0.6 is 0 Å². The molecule has 0 bridgehead atoms. The van der Waals surface area contributed by atoms with E-state index in [-0.39, 0.29) is 0 Å². The van der Waals surface area contributed by atoms with Crippen molar-refractivity contribution in [1.29, 1.82) is 0 Å². The zero-order chi connectivity index (χ0) is 26.5. The molecule has 0 aliphatic carbocycles. The summed E-state index contributed by atoms with van der Waals surface area (Å²) in [6.45, 7) is 14.6. The highest BCUT2D eigenvalue weighted by atomic mass is 15.2. The summed E-state index contributed by atoms with van der Waals surface area (Å²) in [5.74, 6) is 0. The Bertz CT molecular complexity index is 404. The molecule has 4 heteroatoms. The van der Waals surface area contributed by atoms with Gasteiger partial charge in [0, 0.05) is 12.6 Å². The number of rotatable bonds is 30. The second-order valence-corrected chi connectivity index (χ2v) is 11.4. The van der Waals surface area contributed by atoms with Crippen LogP contribution in [-0.2, 0) is 0 Å². The van der Waals surface area contributed by atoms with Crippen LogP contribution in [0.1, 0.15) is 156 Å². The summed E-state index contributed by atoms with van der Waals surface area (Å²) < 4.78 is 0. The zero-order valence-corrected chi connectivity index (χ0v) is 25.4. The highest BCUT2D eigenvalue weighted by Crippen LogP contribution is 2.17. The van der Waals surface area contributed by atoms with Gasteiger partial charge in [0.1, 0.15) is 0 Å². The third-order valence-corrected chi connectivity index (χ3v) is 7.83. The van der Waals surface area contributed by atoms with Crippen LogP contribution in [-0.4, -0.2) is 61.7 Å². The molecule has 1 unspecified atom stereocenters. The maximum atomic E-state index is 5.99. The van der Waals surface area contributed by atoms with Gasteiger partial charge >= 0.3 is 0 Å². The highest BCUT2D eigenvalue weighted by Gasteiger charge is 2.21.